The van der Waals surface area contributed by atoms with Crippen molar-refractivity contribution in [1.82, 2.24) is 9.88 Å². The Bertz CT molecular complexity index is 701. The molecule has 4 nitrogen and oxygen atoms in total. The Hall–Kier alpha value is -1.94. The molecule has 1 aromatic heterocycles. The third-order valence-corrected chi connectivity index (χ3v) is 4.74. The molecule has 4 heteroatoms. The van der Waals surface area contributed by atoms with Crippen LogP contribution in [0.3, 0.4) is 0 Å². The van der Waals surface area contributed by atoms with Crippen molar-refractivity contribution in [3.05, 3.63) is 42.1 Å². The minimum absolute atomic E-state index is 0.190. The zero-order valence-electron chi connectivity index (χ0n) is 14.6. The van der Waals surface area contributed by atoms with E-state index in [4.69, 9.17) is 4.74 Å². The van der Waals surface area contributed by atoms with Gasteiger partial charge in [0.2, 0.25) is 5.91 Å². The van der Waals surface area contributed by atoms with Crippen LogP contribution in [0, 0.1) is 0 Å². The number of amides is 1. The lowest BCUT2D eigenvalue weighted by Crippen LogP contribution is -2.31. The van der Waals surface area contributed by atoms with Crippen LogP contribution in [0.4, 0.5) is 0 Å². The van der Waals surface area contributed by atoms with E-state index in [1.807, 2.05) is 36.1 Å². The molecule has 2 heterocycles. The molecule has 1 aromatic carbocycles. The molecule has 0 unspecified atom stereocenters. The molecule has 1 aliphatic heterocycles. The summed E-state index contributed by atoms with van der Waals surface area (Å²) in [5.74, 6) is 0.190. The summed E-state index contributed by atoms with van der Waals surface area (Å²) in [4.78, 5) is 19.1. The van der Waals surface area contributed by atoms with Gasteiger partial charge in [-0.25, -0.2) is 0 Å². The predicted octanol–water partition coefficient (Wildman–Crippen LogP) is 3.93. The molecule has 0 saturated carbocycles. The van der Waals surface area contributed by atoms with Gasteiger partial charge in [-0.1, -0.05) is 24.3 Å². The highest BCUT2D eigenvalue weighted by atomic mass is 16.5. The molecule has 0 bridgehead atoms. The topological polar surface area (TPSA) is 42.4 Å². The molecule has 24 heavy (non-hydrogen) atoms. The maximum absolute atomic E-state index is 12.5. The van der Waals surface area contributed by atoms with Crippen LogP contribution in [0.1, 0.15) is 45.2 Å². The standard InChI is InChI=1S/C20H26N2O2/c1-3-22(20(23)13-12-18-11-8-15(2)24-18)14-17-10-9-16-6-4-5-7-19(16)21-17/h4-7,9-10,15,18H,3,8,11-14H2,1-2H3/t15-,18-/m1/s1. The fourth-order valence-corrected chi connectivity index (χ4v) is 3.31. The van der Waals surface area contributed by atoms with Crippen molar-refractivity contribution in [1.29, 1.82) is 0 Å². The van der Waals surface area contributed by atoms with Gasteiger partial charge < -0.3 is 9.64 Å². The van der Waals surface area contributed by atoms with E-state index < -0.39 is 0 Å². The van der Waals surface area contributed by atoms with Crippen molar-refractivity contribution >= 4 is 16.8 Å². The van der Waals surface area contributed by atoms with E-state index in [0.29, 0.717) is 25.6 Å². The lowest BCUT2D eigenvalue weighted by molar-refractivity contribution is -0.132. The summed E-state index contributed by atoms with van der Waals surface area (Å²) >= 11 is 0. The number of rotatable bonds is 6. The van der Waals surface area contributed by atoms with Crippen LogP contribution in [-0.2, 0) is 16.1 Å². The van der Waals surface area contributed by atoms with Gasteiger partial charge in [-0.3, -0.25) is 9.78 Å². The van der Waals surface area contributed by atoms with E-state index in [2.05, 4.69) is 24.0 Å². The summed E-state index contributed by atoms with van der Waals surface area (Å²) < 4.78 is 5.81. The Kier molecular flexibility index (Phi) is 5.46. The molecule has 0 spiro atoms. The summed E-state index contributed by atoms with van der Waals surface area (Å²) in [5.41, 5.74) is 1.92. The summed E-state index contributed by atoms with van der Waals surface area (Å²) in [5, 5.41) is 1.13. The molecule has 1 aliphatic rings. The maximum atomic E-state index is 12.5. The lowest BCUT2D eigenvalue weighted by atomic mass is 10.1. The Balaban J connectivity index is 1.59. The Morgan fingerprint density at radius 2 is 2.08 bits per heavy atom. The minimum atomic E-state index is 0.190. The summed E-state index contributed by atoms with van der Waals surface area (Å²) in [6.07, 6.45) is 4.16. The van der Waals surface area contributed by atoms with Gasteiger partial charge in [0, 0.05) is 18.4 Å². The molecular weight excluding hydrogens is 300 g/mol. The van der Waals surface area contributed by atoms with Gasteiger partial charge in [0.1, 0.15) is 0 Å². The van der Waals surface area contributed by atoms with Gasteiger partial charge in [-0.15, -0.1) is 0 Å². The zero-order chi connectivity index (χ0) is 16.9. The first-order valence-corrected chi connectivity index (χ1v) is 8.93. The van der Waals surface area contributed by atoms with E-state index in [1.165, 1.54) is 0 Å². The molecule has 1 saturated heterocycles. The molecule has 0 N–H and O–H groups in total. The Morgan fingerprint density at radius 1 is 1.25 bits per heavy atom. The van der Waals surface area contributed by atoms with E-state index in [1.54, 1.807) is 0 Å². The van der Waals surface area contributed by atoms with Crippen molar-refractivity contribution in [3.8, 4) is 0 Å². The molecule has 1 amide bonds. The monoisotopic (exact) mass is 326 g/mol. The largest absolute Gasteiger partial charge is 0.375 e. The number of ether oxygens (including phenoxy) is 1. The van der Waals surface area contributed by atoms with Crippen LogP contribution in [0.25, 0.3) is 10.9 Å². The van der Waals surface area contributed by atoms with E-state index >= 15 is 0 Å². The van der Waals surface area contributed by atoms with Gasteiger partial charge >= 0.3 is 0 Å². The average Bonchev–Trinajstić information content (AvgIpc) is 3.02. The van der Waals surface area contributed by atoms with Crippen molar-refractivity contribution in [2.75, 3.05) is 6.54 Å². The number of aromatic nitrogens is 1. The normalized spacial score (nSPS) is 20.4. The molecule has 0 aliphatic carbocycles. The van der Waals surface area contributed by atoms with E-state index in [-0.39, 0.29) is 12.0 Å². The van der Waals surface area contributed by atoms with E-state index in [9.17, 15) is 4.79 Å². The van der Waals surface area contributed by atoms with Crippen LogP contribution in [-0.4, -0.2) is 34.5 Å². The number of pyridine rings is 1. The third-order valence-electron chi connectivity index (χ3n) is 4.74. The Morgan fingerprint density at radius 3 is 2.83 bits per heavy atom. The number of benzene rings is 1. The number of fused-ring (bicyclic) bond motifs is 1. The van der Waals surface area contributed by atoms with Crippen molar-refractivity contribution in [2.24, 2.45) is 0 Å². The summed E-state index contributed by atoms with van der Waals surface area (Å²) in [7, 11) is 0. The number of hydrogen-bond donors (Lipinski definition) is 0. The number of nitrogens with zero attached hydrogens (tertiary/aromatic N) is 2. The summed E-state index contributed by atoms with van der Waals surface area (Å²) in [6, 6.07) is 12.2. The van der Waals surface area contributed by atoms with Crippen LogP contribution in [0.2, 0.25) is 0 Å². The highest BCUT2D eigenvalue weighted by Crippen LogP contribution is 2.23. The Labute approximate surface area is 143 Å². The fourth-order valence-electron chi connectivity index (χ4n) is 3.31. The number of hydrogen-bond acceptors (Lipinski definition) is 3. The van der Waals surface area contributed by atoms with Gasteiger partial charge in [-0.05, 0) is 45.2 Å². The highest BCUT2D eigenvalue weighted by Gasteiger charge is 2.23. The first-order chi connectivity index (χ1) is 11.7. The number of para-hydroxylation sites is 1. The average molecular weight is 326 g/mol. The SMILES string of the molecule is CCN(Cc1ccc2ccccc2n1)C(=O)CC[C@H]1CC[C@@H](C)O1. The minimum Gasteiger partial charge on any atom is -0.375 e. The van der Waals surface area contributed by atoms with Crippen LogP contribution >= 0.6 is 0 Å². The van der Waals surface area contributed by atoms with Gasteiger partial charge in [-0.2, -0.15) is 0 Å². The van der Waals surface area contributed by atoms with Crippen LogP contribution in [0.5, 0.6) is 0 Å². The first kappa shape index (κ1) is 16.9. The lowest BCUT2D eigenvalue weighted by Gasteiger charge is -2.21. The van der Waals surface area contributed by atoms with Crippen molar-refractivity contribution in [3.63, 3.8) is 0 Å². The number of carbonyl (C=O) groups is 1. The maximum Gasteiger partial charge on any atom is 0.223 e. The second-order valence-corrected chi connectivity index (χ2v) is 6.59. The van der Waals surface area contributed by atoms with Gasteiger partial charge in [0.05, 0.1) is 30.0 Å². The van der Waals surface area contributed by atoms with Gasteiger partial charge in [0.25, 0.3) is 0 Å². The number of carbonyl (C=O) groups excluding carboxylic acids is 1. The predicted molar refractivity (Wildman–Crippen MR) is 95.6 cm³/mol. The molecule has 128 valence electrons. The second-order valence-electron chi connectivity index (χ2n) is 6.59. The zero-order valence-corrected chi connectivity index (χ0v) is 14.6. The molecule has 2 atom stereocenters. The first-order valence-electron chi connectivity index (χ1n) is 8.93. The molecule has 0 radical (unpaired) electrons. The smallest absolute Gasteiger partial charge is 0.223 e. The highest BCUT2D eigenvalue weighted by molar-refractivity contribution is 5.79. The quantitative estimate of drug-likeness (QED) is 0.808. The van der Waals surface area contributed by atoms with Crippen molar-refractivity contribution < 1.29 is 9.53 Å². The molecule has 1 fully saturated rings. The molecule has 3 rings (SSSR count). The van der Waals surface area contributed by atoms with Gasteiger partial charge in [0.15, 0.2) is 0 Å². The fraction of sp³-hybridized carbons (Fsp3) is 0.500. The van der Waals surface area contributed by atoms with Crippen LogP contribution in [0.15, 0.2) is 36.4 Å². The van der Waals surface area contributed by atoms with Crippen molar-refractivity contribution in [2.45, 2.75) is 58.3 Å². The molecular formula is C20H26N2O2. The molecule has 2 aromatic rings. The van der Waals surface area contributed by atoms with E-state index in [0.717, 1.165) is 35.9 Å². The summed E-state index contributed by atoms with van der Waals surface area (Å²) in [6.45, 7) is 5.40. The van der Waals surface area contributed by atoms with Crippen LogP contribution < -0.4 is 0 Å². The second kappa shape index (κ2) is 7.75. The third kappa shape index (κ3) is 4.12.